The van der Waals surface area contributed by atoms with Crippen molar-refractivity contribution in [3.8, 4) is 0 Å². The Labute approximate surface area is 265 Å². The van der Waals surface area contributed by atoms with Crippen molar-refractivity contribution < 1.29 is 28.7 Å². The summed E-state index contributed by atoms with van der Waals surface area (Å²) < 4.78 is 9.94. The Bertz CT molecular complexity index is 1600. The van der Waals surface area contributed by atoms with Crippen LogP contribution in [0.3, 0.4) is 0 Å². The number of rotatable bonds is 14. The Kier molecular flexibility index (Phi) is 12.6. The van der Waals surface area contributed by atoms with Gasteiger partial charge in [-0.05, 0) is 62.6 Å². The number of carbonyl (C=O) groups is 4. The first kappa shape index (κ1) is 35.1. The third kappa shape index (κ3) is 10.4. The Morgan fingerprint density at radius 3 is 2.44 bits per heavy atom. The highest BCUT2D eigenvalue weighted by atomic mass is 35.5. The third-order valence-electron chi connectivity index (χ3n) is 6.55. The number of aromatic nitrogens is 3. The second-order valence-electron chi connectivity index (χ2n) is 11.2. The average molecular weight is 643 g/mol. The summed E-state index contributed by atoms with van der Waals surface area (Å²) in [6.07, 6.45) is 2.17. The lowest BCUT2D eigenvalue weighted by molar-refractivity contribution is -0.146. The highest BCUT2D eigenvalue weighted by molar-refractivity contribution is 6.34. The molecule has 0 saturated heterocycles. The van der Waals surface area contributed by atoms with Crippen molar-refractivity contribution in [2.24, 2.45) is 5.41 Å². The molecule has 13 nitrogen and oxygen atoms in total. The molecule has 4 N–H and O–H groups in total. The van der Waals surface area contributed by atoms with Crippen molar-refractivity contribution in [2.75, 3.05) is 25.1 Å². The van der Waals surface area contributed by atoms with Gasteiger partial charge in [-0.1, -0.05) is 38.4 Å². The molecule has 45 heavy (non-hydrogen) atoms. The van der Waals surface area contributed by atoms with Crippen LogP contribution in [-0.4, -0.2) is 64.5 Å². The van der Waals surface area contributed by atoms with E-state index in [2.05, 4.69) is 30.9 Å². The van der Waals surface area contributed by atoms with E-state index in [1.165, 1.54) is 0 Å². The standard InChI is InChI=1S/C31H39ClN6O7/c1-6-44-24(39)11-10-23(28(42)45-7-2)35-26(40)20-9-8-18(15-22(20)32)12-13-33-16-19-14-21-25(34-17-19)36-30(37-27(21)41)38-29(43)31(3,4)5/h8-9,14-15,17,23,33H,6-7,10-13,16H2,1-5H3,(H,35,40)(H2,34,36,37,38,41,43)/t23-/m0/s1. The molecule has 0 aliphatic rings. The molecule has 2 aromatic heterocycles. The number of pyridine rings is 1. The summed E-state index contributed by atoms with van der Waals surface area (Å²) in [5, 5.41) is 9.01. The average Bonchev–Trinajstić information content (AvgIpc) is 2.97. The number of hydrogen-bond donors (Lipinski definition) is 4. The van der Waals surface area contributed by atoms with Gasteiger partial charge in [-0.25, -0.2) is 9.78 Å². The second kappa shape index (κ2) is 16.1. The number of esters is 2. The van der Waals surface area contributed by atoms with Crippen LogP contribution in [0, 0.1) is 5.41 Å². The highest BCUT2D eigenvalue weighted by Crippen LogP contribution is 2.19. The predicted molar refractivity (Wildman–Crippen MR) is 169 cm³/mol. The van der Waals surface area contributed by atoms with Gasteiger partial charge in [-0.2, -0.15) is 4.98 Å². The molecule has 3 rings (SSSR count). The number of aromatic amines is 1. The first-order chi connectivity index (χ1) is 21.3. The number of hydrogen-bond acceptors (Lipinski definition) is 10. The Hall–Kier alpha value is -4.36. The van der Waals surface area contributed by atoms with Crippen molar-refractivity contribution in [2.45, 2.75) is 66.5 Å². The number of nitrogens with zero attached hydrogens (tertiary/aromatic N) is 2. The van der Waals surface area contributed by atoms with Crippen LogP contribution in [0.4, 0.5) is 5.95 Å². The molecule has 0 fully saturated rings. The van der Waals surface area contributed by atoms with E-state index in [9.17, 15) is 24.0 Å². The second-order valence-corrected chi connectivity index (χ2v) is 11.6. The van der Waals surface area contributed by atoms with Crippen molar-refractivity contribution in [3.05, 3.63) is 62.5 Å². The minimum Gasteiger partial charge on any atom is -0.466 e. The molecule has 14 heteroatoms. The van der Waals surface area contributed by atoms with Crippen LogP contribution in [0.1, 0.15) is 68.9 Å². The number of halogens is 1. The summed E-state index contributed by atoms with van der Waals surface area (Å²) in [5.41, 5.74) is 0.978. The molecule has 0 aliphatic heterocycles. The maximum absolute atomic E-state index is 12.9. The minimum absolute atomic E-state index is 0.0269. The number of amides is 2. The highest BCUT2D eigenvalue weighted by Gasteiger charge is 2.25. The summed E-state index contributed by atoms with van der Waals surface area (Å²) in [6, 6.07) is 5.67. The molecule has 0 aliphatic carbocycles. The zero-order chi connectivity index (χ0) is 33.1. The van der Waals surface area contributed by atoms with Crippen molar-refractivity contribution in [3.63, 3.8) is 0 Å². The van der Waals surface area contributed by atoms with E-state index >= 15 is 0 Å². The summed E-state index contributed by atoms with van der Waals surface area (Å²) >= 11 is 6.42. The smallest absolute Gasteiger partial charge is 0.328 e. The van der Waals surface area contributed by atoms with E-state index in [-0.39, 0.29) is 54.1 Å². The van der Waals surface area contributed by atoms with Crippen LogP contribution < -0.4 is 21.5 Å². The molecule has 1 aromatic carbocycles. The molecule has 0 spiro atoms. The molecule has 0 saturated carbocycles. The molecule has 0 radical (unpaired) electrons. The van der Waals surface area contributed by atoms with Gasteiger partial charge in [0.25, 0.3) is 11.5 Å². The van der Waals surface area contributed by atoms with Gasteiger partial charge >= 0.3 is 11.9 Å². The summed E-state index contributed by atoms with van der Waals surface area (Å²) in [6.45, 7) is 9.93. The van der Waals surface area contributed by atoms with Gasteiger partial charge in [0.1, 0.15) is 6.04 Å². The van der Waals surface area contributed by atoms with Gasteiger partial charge in [0, 0.05) is 24.6 Å². The van der Waals surface area contributed by atoms with E-state index in [0.29, 0.717) is 24.9 Å². The zero-order valence-electron chi connectivity index (χ0n) is 26.0. The first-order valence-corrected chi connectivity index (χ1v) is 15.0. The van der Waals surface area contributed by atoms with Gasteiger partial charge in [0.05, 0.1) is 29.2 Å². The fourth-order valence-electron chi connectivity index (χ4n) is 4.10. The number of fused-ring (bicyclic) bond motifs is 1. The van der Waals surface area contributed by atoms with Crippen LogP contribution in [0.2, 0.25) is 5.02 Å². The maximum atomic E-state index is 12.9. The monoisotopic (exact) mass is 642 g/mol. The van der Waals surface area contributed by atoms with Crippen LogP contribution >= 0.6 is 11.6 Å². The lowest BCUT2D eigenvalue weighted by Crippen LogP contribution is -2.42. The maximum Gasteiger partial charge on any atom is 0.328 e. The molecule has 1 atom stereocenters. The van der Waals surface area contributed by atoms with E-state index in [1.807, 2.05) is 0 Å². The Morgan fingerprint density at radius 1 is 1.04 bits per heavy atom. The largest absolute Gasteiger partial charge is 0.466 e. The number of nitrogens with one attached hydrogen (secondary N) is 4. The predicted octanol–water partition coefficient (Wildman–Crippen LogP) is 3.29. The quantitative estimate of drug-likeness (QED) is 0.150. The number of H-pyrrole nitrogens is 1. The fraction of sp³-hybridized carbons (Fsp3) is 0.452. The van der Waals surface area contributed by atoms with Gasteiger partial charge in [-0.3, -0.25) is 29.5 Å². The Balaban J connectivity index is 1.56. The van der Waals surface area contributed by atoms with Crippen LogP contribution in [0.25, 0.3) is 11.0 Å². The molecule has 2 amide bonds. The zero-order valence-corrected chi connectivity index (χ0v) is 26.8. The van der Waals surface area contributed by atoms with Crippen LogP contribution in [0.5, 0.6) is 0 Å². The Morgan fingerprint density at radius 2 is 1.78 bits per heavy atom. The van der Waals surface area contributed by atoms with Gasteiger partial charge < -0.3 is 20.1 Å². The van der Waals surface area contributed by atoms with Crippen LogP contribution in [-0.2, 0) is 36.8 Å². The number of anilines is 1. The van der Waals surface area contributed by atoms with Crippen LogP contribution in [0.15, 0.2) is 35.3 Å². The SMILES string of the molecule is CCOC(=O)CC[C@H](NC(=O)c1ccc(CCNCc2cnc3nc(NC(=O)C(C)(C)C)[nH]c(=O)c3c2)cc1Cl)C(=O)OCC. The van der Waals surface area contributed by atoms with E-state index in [0.717, 1.165) is 11.1 Å². The number of carbonyl (C=O) groups excluding carboxylic acids is 4. The van der Waals surface area contributed by atoms with Crippen molar-refractivity contribution in [1.29, 1.82) is 0 Å². The summed E-state index contributed by atoms with van der Waals surface area (Å²) in [4.78, 5) is 73.0. The first-order valence-electron chi connectivity index (χ1n) is 14.6. The molecule has 3 aromatic rings. The molecule has 242 valence electrons. The molecular formula is C31H39ClN6O7. The molecule has 2 heterocycles. The number of benzene rings is 1. The van der Waals surface area contributed by atoms with E-state index in [4.69, 9.17) is 21.1 Å². The van der Waals surface area contributed by atoms with Gasteiger partial charge in [0.2, 0.25) is 11.9 Å². The van der Waals surface area contributed by atoms with E-state index in [1.54, 1.807) is 65.1 Å². The number of ether oxygens (including phenoxy) is 2. The molecule has 0 unspecified atom stereocenters. The third-order valence-corrected chi connectivity index (χ3v) is 6.86. The lowest BCUT2D eigenvalue weighted by Gasteiger charge is -2.17. The fourth-order valence-corrected chi connectivity index (χ4v) is 4.39. The molecular weight excluding hydrogens is 604 g/mol. The van der Waals surface area contributed by atoms with Crippen molar-refractivity contribution >= 4 is 52.3 Å². The lowest BCUT2D eigenvalue weighted by atomic mass is 9.96. The topological polar surface area (TPSA) is 181 Å². The minimum atomic E-state index is -1.03. The summed E-state index contributed by atoms with van der Waals surface area (Å²) in [5.74, 6) is -1.93. The van der Waals surface area contributed by atoms with E-state index < -0.39 is 34.9 Å². The van der Waals surface area contributed by atoms with Crippen molar-refractivity contribution in [1.82, 2.24) is 25.6 Å². The normalized spacial score (nSPS) is 12.0. The summed E-state index contributed by atoms with van der Waals surface area (Å²) in [7, 11) is 0. The molecule has 0 bridgehead atoms. The van der Waals surface area contributed by atoms with Gasteiger partial charge in [-0.15, -0.1) is 0 Å². The van der Waals surface area contributed by atoms with Gasteiger partial charge in [0.15, 0.2) is 5.65 Å².